The molecule has 7 nitrogen and oxygen atoms in total. The number of aromatic amines is 1. The summed E-state index contributed by atoms with van der Waals surface area (Å²) in [6.07, 6.45) is 7.84. The second kappa shape index (κ2) is 9.79. The molecule has 1 amide bonds. The number of sulfonamides is 1. The number of benzene rings is 1. The topological polar surface area (TPSA) is 95.2 Å². The van der Waals surface area contributed by atoms with Crippen molar-refractivity contribution in [2.24, 2.45) is 5.92 Å². The van der Waals surface area contributed by atoms with Gasteiger partial charge in [0.15, 0.2) is 0 Å². The van der Waals surface area contributed by atoms with Crippen molar-refractivity contribution >= 4 is 26.8 Å². The van der Waals surface area contributed by atoms with Gasteiger partial charge in [0, 0.05) is 42.9 Å². The van der Waals surface area contributed by atoms with Crippen molar-refractivity contribution in [1.82, 2.24) is 19.6 Å². The SMILES string of the molecule is O=C(NCCCCC1CCN(S(=O)(=O)c2cccc(F)c2)CC1)c1cc2cnccc2[nH]1. The third-order valence-corrected chi connectivity index (χ3v) is 7.89. The largest absolute Gasteiger partial charge is 0.351 e. The Morgan fingerprint density at radius 3 is 2.75 bits per heavy atom. The van der Waals surface area contributed by atoms with Crippen molar-refractivity contribution in [1.29, 1.82) is 0 Å². The lowest BCUT2D eigenvalue weighted by Crippen LogP contribution is -2.38. The zero-order valence-electron chi connectivity index (χ0n) is 17.8. The molecular weight excluding hydrogens is 431 g/mol. The minimum absolute atomic E-state index is 0.0120. The molecule has 2 N–H and O–H groups in total. The molecule has 1 aliphatic rings. The van der Waals surface area contributed by atoms with Gasteiger partial charge in [-0.25, -0.2) is 12.8 Å². The van der Waals surface area contributed by atoms with Crippen molar-refractivity contribution in [3.05, 3.63) is 60.3 Å². The number of unbranched alkanes of at least 4 members (excludes halogenated alkanes) is 1. The first-order valence-electron chi connectivity index (χ1n) is 10.9. The number of carbonyl (C=O) groups excluding carboxylic acids is 1. The van der Waals surface area contributed by atoms with Crippen molar-refractivity contribution in [2.45, 2.75) is 37.0 Å². The van der Waals surface area contributed by atoms with E-state index in [0.29, 0.717) is 31.2 Å². The van der Waals surface area contributed by atoms with E-state index >= 15 is 0 Å². The molecule has 3 heterocycles. The molecule has 3 aromatic rings. The predicted octanol–water partition coefficient (Wildman–Crippen LogP) is 3.70. The average Bonchev–Trinajstić information content (AvgIpc) is 3.23. The first kappa shape index (κ1) is 22.4. The van der Waals surface area contributed by atoms with Crippen LogP contribution in [0, 0.1) is 11.7 Å². The molecule has 2 aromatic heterocycles. The number of pyridine rings is 1. The molecule has 0 saturated carbocycles. The number of amides is 1. The summed E-state index contributed by atoms with van der Waals surface area (Å²) >= 11 is 0. The van der Waals surface area contributed by atoms with Crippen molar-refractivity contribution in [3.8, 4) is 0 Å². The number of H-pyrrole nitrogens is 1. The van der Waals surface area contributed by atoms with Gasteiger partial charge in [-0.15, -0.1) is 0 Å². The number of rotatable bonds is 8. The van der Waals surface area contributed by atoms with Gasteiger partial charge in [0.05, 0.1) is 4.90 Å². The lowest BCUT2D eigenvalue weighted by Gasteiger charge is -2.31. The van der Waals surface area contributed by atoms with E-state index < -0.39 is 15.8 Å². The molecule has 1 saturated heterocycles. The van der Waals surface area contributed by atoms with Crippen molar-refractivity contribution in [2.75, 3.05) is 19.6 Å². The fourth-order valence-corrected chi connectivity index (χ4v) is 5.67. The van der Waals surface area contributed by atoms with Gasteiger partial charge in [0.2, 0.25) is 10.0 Å². The maximum Gasteiger partial charge on any atom is 0.267 e. The van der Waals surface area contributed by atoms with Crippen LogP contribution in [0.1, 0.15) is 42.6 Å². The molecule has 1 aromatic carbocycles. The Labute approximate surface area is 187 Å². The fourth-order valence-electron chi connectivity index (χ4n) is 4.16. The Morgan fingerprint density at radius 2 is 2.00 bits per heavy atom. The maximum atomic E-state index is 13.4. The van der Waals surface area contributed by atoms with Crippen LogP contribution in [0.5, 0.6) is 0 Å². The molecule has 0 spiro atoms. The highest BCUT2D eigenvalue weighted by Crippen LogP contribution is 2.27. The number of hydrogen-bond acceptors (Lipinski definition) is 4. The van der Waals surface area contributed by atoms with Gasteiger partial charge in [0.1, 0.15) is 11.5 Å². The van der Waals surface area contributed by atoms with E-state index in [0.717, 1.165) is 49.1 Å². The summed E-state index contributed by atoms with van der Waals surface area (Å²) in [4.78, 5) is 19.5. The van der Waals surface area contributed by atoms with Crippen LogP contribution >= 0.6 is 0 Å². The van der Waals surface area contributed by atoms with Gasteiger partial charge in [-0.1, -0.05) is 18.9 Å². The number of nitrogens with zero attached hydrogens (tertiary/aromatic N) is 2. The van der Waals surface area contributed by atoms with Gasteiger partial charge in [-0.2, -0.15) is 4.31 Å². The molecule has 32 heavy (non-hydrogen) atoms. The number of carbonyl (C=O) groups is 1. The van der Waals surface area contributed by atoms with Gasteiger partial charge in [-0.3, -0.25) is 9.78 Å². The zero-order valence-corrected chi connectivity index (χ0v) is 18.6. The van der Waals surface area contributed by atoms with Crippen LogP contribution in [-0.2, 0) is 10.0 Å². The van der Waals surface area contributed by atoms with Crippen LogP contribution in [0.25, 0.3) is 10.9 Å². The third-order valence-electron chi connectivity index (χ3n) is 6.00. The van der Waals surface area contributed by atoms with Crippen LogP contribution in [0.4, 0.5) is 4.39 Å². The summed E-state index contributed by atoms with van der Waals surface area (Å²) in [5.41, 5.74) is 1.41. The zero-order chi connectivity index (χ0) is 22.6. The molecule has 9 heteroatoms. The number of halogens is 1. The van der Waals surface area contributed by atoms with Gasteiger partial charge in [0.25, 0.3) is 5.91 Å². The van der Waals surface area contributed by atoms with Crippen LogP contribution < -0.4 is 5.32 Å². The first-order valence-corrected chi connectivity index (χ1v) is 12.3. The number of nitrogens with one attached hydrogen (secondary N) is 2. The number of hydrogen-bond donors (Lipinski definition) is 2. The molecule has 0 bridgehead atoms. The van der Waals surface area contributed by atoms with Gasteiger partial charge in [-0.05, 0) is 55.5 Å². The molecule has 0 aliphatic carbocycles. The molecule has 4 rings (SSSR count). The Balaban J connectivity index is 1.17. The van der Waals surface area contributed by atoms with E-state index in [-0.39, 0.29) is 10.8 Å². The van der Waals surface area contributed by atoms with E-state index in [9.17, 15) is 17.6 Å². The first-order chi connectivity index (χ1) is 15.4. The van der Waals surface area contributed by atoms with Crippen molar-refractivity contribution < 1.29 is 17.6 Å². The summed E-state index contributed by atoms with van der Waals surface area (Å²) in [6.45, 7) is 1.50. The van der Waals surface area contributed by atoms with E-state index in [1.165, 1.54) is 22.5 Å². The Kier molecular flexibility index (Phi) is 6.86. The summed E-state index contributed by atoms with van der Waals surface area (Å²) < 4.78 is 40.3. The summed E-state index contributed by atoms with van der Waals surface area (Å²) in [5.74, 6) is -0.211. The minimum atomic E-state index is -3.64. The molecule has 0 atom stereocenters. The minimum Gasteiger partial charge on any atom is -0.351 e. The lowest BCUT2D eigenvalue weighted by molar-refractivity contribution is 0.0948. The molecule has 1 fully saturated rings. The van der Waals surface area contributed by atoms with E-state index in [4.69, 9.17) is 0 Å². The maximum absolute atomic E-state index is 13.4. The van der Waals surface area contributed by atoms with Crippen LogP contribution in [0.2, 0.25) is 0 Å². The van der Waals surface area contributed by atoms with Crippen LogP contribution in [-0.4, -0.2) is 48.2 Å². The van der Waals surface area contributed by atoms with Gasteiger partial charge >= 0.3 is 0 Å². The van der Waals surface area contributed by atoms with Crippen molar-refractivity contribution in [3.63, 3.8) is 0 Å². The monoisotopic (exact) mass is 458 g/mol. The van der Waals surface area contributed by atoms with E-state index in [1.54, 1.807) is 18.5 Å². The average molecular weight is 459 g/mol. The van der Waals surface area contributed by atoms with E-state index in [1.807, 2.05) is 6.07 Å². The Hall–Kier alpha value is -2.78. The normalized spacial score (nSPS) is 15.8. The standard InChI is InChI=1S/C23H27FN4O3S/c24-19-5-3-6-20(15-19)32(30,31)28-12-8-17(9-13-28)4-1-2-10-26-23(29)22-14-18-16-25-11-7-21(18)27-22/h3,5-7,11,14-17,27H,1-2,4,8-10,12-13H2,(H,26,29). The van der Waals surface area contributed by atoms with Crippen LogP contribution in [0.3, 0.4) is 0 Å². The quantitative estimate of drug-likeness (QED) is 0.503. The number of aromatic nitrogens is 2. The second-order valence-corrected chi connectivity index (χ2v) is 10.1. The second-order valence-electron chi connectivity index (χ2n) is 8.20. The fraction of sp³-hybridized carbons (Fsp3) is 0.391. The summed E-state index contributed by atoms with van der Waals surface area (Å²) in [6, 6.07) is 8.80. The summed E-state index contributed by atoms with van der Waals surface area (Å²) in [5, 5.41) is 3.84. The van der Waals surface area contributed by atoms with Crippen LogP contribution in [0.15, 0.2) is 53.7 Å². The predicted molar refractivity (Wildman–Crippen MR) is 120 cm³/mol. The Morgan fingerprint density at radius 1 is 1.19 bits per heavy atom. The van der Waals surface area contributed by atoms with E-state index in [2.05, 4.69) is 15.3 Å². The molecular formula is C23H27FN4O3S. The number of piperidine rings is 1. The highest BCUT2D eigenvalue weighted by molar-refractivity contribution is 7.89. The molecule has 170 valence electrons. The number of fused-ring (bicyclic) bond motifs is 1. The highest BCUT2D eigenvalue weighted by atomic mass is 32.2. The summed E-state index contributed by atoms with van der Waals surface area (Å²) in [7, 11) is -3.64. The Bertz CT molecular complexity index is 1150. The van der Waals surface area contributed by atoms with Gasteiger partial charge < -0.3 is 10.3 Å². The third kappa shape index (κ3) is 5.16. The molecule has 1 aliphatic heterocycles. The highest BCUT2D eigenvalue weighted by Gasteiger charge is 2.29. The molecule has 0 unspecified atom stereocenters. The lowest BCUT2D eigenvalue weighted by atomic mass is 9.92. The smallest absolute Gasteiger partial charge is 0.267 e. The molecule has 0 radical (unpaired) electrons.